The fourth-order valence-electron chi connectivity index (χ4n) is 2.07. The predicted molar refractivity (Wildman–Crippen MR) is 94.3 cm³/mol. The van der Waals surface area contributed by atoms with Crippen molar-refractivity contribution < 1.29 is 4.79 Å². The summed E-state index contributed by atoms with van der Waals surface area (Å²) in [5.74, 6) is -0.213. The van der Waals surface area contributed by atoms with Crippen LogP contribution >= 0.6 is 15.9 Å². The predicted octanol–water partition coefficient (Wildman–Crippen LogP) is 4.56. The number of hydrazone groups is 1. The molecule has 0 aliphatic carbocycles. The summed E-state index contributed by atoms with van der Waals surface area (Å²) in [5.41, 5.74) is 6.29. The molecular formula is C18H19BrN2O. The lowest BCUT2D eigenvalue weighted by Gasteiger charge is -2.05. The van der Waals surface area contributed by atoms with E-state index in [9.17, 15) is 4.79 Å². The summed E-state index contributed by atoms with van der Waals surface area (Å²) >= 11 is 3.34. The van der Waals surface area contributed by atoms with Crippen LogP contribution in [0.5, 0.6) is 0 Å². The first kappa shape index (κ1) is 16.4. The zero-order chi connectivity index (χ0) is 15.9. The van der Waals surface area contributed by atoms with Gasteiger partial charge in [-0.2, -0.15) is 5.10 Å². The summed E-state index contributed by atoms with van der Waals surface area (Å²) in [5, 5.41) is 4.17. The molecule has 0 saturated heterocycles. The molecule has 0 heterocycles. The minimum Gasteiger partial charge on any atom is -0.267 e. The summed E-state index contributed by atoms with van der Waals surface area (Å²) in [7, 11) is 0. The Kier molecular flexibility index (Phi) is 5.90. The third-order valence-electron chi connectivity index (χ3n) is 3.34. The highest BCUT2D eigenvalue weighted by Crippen LogP contribution is 2.11. The highest BCUT2D eigenvalue weighted by atomic mass is 79.9. The van der Waals surface area contributed by atoms with Crippen LogP contribution in [0.4, 0.5) is 0 Å². The van der Waals surface area contributed by atoms with Crippen molar-refractivity contribution in [2.45, 2.75) is 26.7 Å². The highest BCUT2D eigenvalue weighted by molar-refractivity contribution is 9.10. The van der Waals surface area contributed by atoms with Crippen molar-refractivity contribution in [1.82, 2.24) is 5.43 Å². The van der Waals surface area contributed by atoms with E-state index >= 15 is 0 Å². The summed E-state index contributed by atoms with van der Waals surface area (Å²) in [6, 6.07) is 15.5. The molecule has 3 nitrogen and oxygen atoms in total. The van der Waals surface area contributed by atoms with Crippen molar-refractivity contribution in [3.8, 4) is 0 Å². The second-order valence-corrected chi connectivity index (χ2v) is 6.01. The van der Waals surface area contributed by atoms with Crippen LogP contribution in [0.3, 0.4) is 0 Å². The summed E-state index contributed by atoms with van der Waals surface area (Å²) in [6.45, 7) is 4.05. The van der Waals surface area contributed by atoms with Crippen LogP contribution in [-0.2, 0) is 6.42 Å². The number of nitrogens with one attached hydrogen (secondary N) is 1. The highest BCUT2D eigenvalue weighted by Gasteiger charge is 2.04. The molecule has 1 N–H and O–H groups in total. The number of halogens is 1. The first-order valence-corrected chi connectivity index (χ1v) is 8.09. The van der Waals surface area contributed by atoms with E-state index in [1.54, 1.807) is 12.1 Å². The molecule has 0 bridgehead atoms. The fraction of sp³-hybridized carbons (Fsp3) is 0.222. The van der Waals surface area contributed by atoms with Gasteiger partial charge in [0.05, 0.1) is 5.71 Å². The van der Waals surface area contributed by atoms with Crippen LogP contribution in [0.1, 0.15) is 41.8 Å². The Labute approximate surface area is 139 Å². The van der Waals surface area contributed by atoms with Gasteiger partial charge in [0.25, 0.3) is 5.91 Å². The number of carbonyl (C=O) groups excluding carboxylic acids is 1. The topological polar surface area (TPSA) is 41.5 Å². The first-order chi connectivity index (χ1) is 10.6. The Morgan fingerprint density at radius 1 is 1.05 bits per heavy atom. The molecule has 0 spiro atoms. The zero-order valence-electron chi connectivity index (χ0n) is 12.8. The van der Waals surface area contributed by atoms with Crippen LogP contribution in [0.25, 0.3) is 0 Å². The van der Waals surface area contributed by atoms with Gasteiger partial charge in [0.15, 0.2) is 0 Å². The number of hydrogen-bond donors (Lipinski definition) is 1. The molecule has 4 heteroatoms. The molecule has 2 aromatic rings. The Bertz CT molecular complexity index is 660. The van der Waals surface area contributed by atoms with E-state index in [0.717, 1.165) is 28.6 Å². The van der Waals surface area contributed by atoms with Crippen LogP contribution in [0, 0.1) is 0 Å². The Hall–Kier alpha value is -1.94. The average molecular weight is 359 g/mol. The summed E-state index contributed by atoms with van der Waals surface area (Å²) in [6.07, 6.45) is 2.21. The molecule has 114 valence electrons. The molecule has 0 aliphatic rings. The molecule has 0 aromatic heterocycles. The lowest BCUT2D eigenvalue weighted by molar-refractivity contribution is 0.0955. The van der Waals surface area contributed by atoms with E-state index in [1.165, 1.54) is 5.56 Å². The molecule has 0 saturated carbocycles. The van der Waals surface area contributed by atoms with Crippen LogP contribution < -0.4 is 5.43 Å². The molecule has 0 radical (unpaired) electrons. The quantitative estimate of drug-likeness (QED) is 0.617. The number of nitrogens with zero attached hydrogens (tertiary/aromatic N) is 1. The van der Waals surface area contributed by atoms with Crippen molar-refractivity contribution in [2.24, 2.45) is 5.10 Å². The number of rotatable bonds is 5. The molecule has 22 heavy (non-hydrogen) atoms. The standard InChI is InChI=1S/C18H19BrN2O/c1-3-4-14-5-7-15(8-6-14)13(2)20-21-18(22)16-9-11-17(19)12-10-16/h5-12H,3-4H2,1-2H3,(H,21,22). The average Bonchev–Trinajstić information content (AvgIpc) is 2.54. The second-order valence-electron chi connectivity index (χ2n) is 5.09. The maximum absolute atomic E-state index is 12.0. The lowest BCUT2D eigenvalue weighted by atomic mass is 10.1. The van der Waals surface area contributed by atoms with Crippen LogP contribution in [-0.4, -0.2) is 11.6 Å². The Balaban J connectivity index is 2.02. The summed E-state index contributed by atoms with van der Waals surface area (Å²) in [4.78, 5) is 12.0. The Morgan fingerprint density at radius 2 is 1.64 bits per heavy atom. The molecule has 0 aliphatic heterocycles. The number of hydrogen-bond acceptors (Lipinski definition) is 2. The van der Waals surface area contributed by atoms with E-state index in [4.69, 9.17) is 0 Å². The SMILES string of the molecule is CCCc1ccc(C(C)=NNC(=O)c2ccc(Br)cc2)cc1. The minimum atomic E-state index is -0.213. The number of benzene rings is 2. The van der Waals surface area contributed by atoms with Gasteiger partial charge in [0.2, 0.25) is 0 Å². The minimum absolute atomic E-state index is 0.213. The van der Waals surface area contributed by atoms with Crippen LogP contribution in [0.2, 0.25) is 0 Å². The monoisotopic (exact) mass is 358 g/mol. The van der Waals surface area contributed by atoms with E-state index in [1.807, 2.05) is 31.2 Å². The van der Waals surface area contributed by atoms with E-state index in [0.29, 0.717) is 5.56 Å². The van der Waals surface area contributed by atoms with Gasteiger partial charge in [-0.15, -0.1) is 0 Å². The molecule has 1 amide bonds. The van der Waals surface area contributed by atoms with Crippen molar-refractivity contribution in [1.29, 1.82) is 0 Å². The van der Waals surface area contributed by atoms with Gasteiger partial charge >= 0.3 is 0 Å². The fourth-order valence-corrected chi connectivity index (χ4v) is 2.33. The number of aryl methyl sites for hydroxylation is 1. The third-order valence-corrected chi connectivity index (χ3v) is 3.87. The maximum Gasteiger partial charge on any atom is 0.271 e. The van der Waals surface area contributed by atoms with Crippen molar-refractivity contribution in [3.63, 3.8) is 0 Å². The summed E-state index contributed by atoms with van der Waals surface area (Å²) < 4.78 is 0.941. The Morgan fingerprint density at radius 3 is 2.23 bits per heavy atom. The van der Waals surface area contributed by atoms with Crippen molar-refractivity contribution >= 4 is 27.5 Å². The van der Waals surface area contributed by atoms with Crippen LogP contribution in [0.15, 0.2) is 58.1 Å². The normalized spacial score (nSPS) is 11.3. The number of amides is 1. The van der Waals surface area contributed by atoms with Gasteiger partial charge < -0.3 is 0 Å². The van der Waals surface area contributed by atoms with Gasteiger partial charge in [-0.3, -0.25) is 4.79 Å². The van der Waals surface area contributed by atoms with Gasteiger partial charge in [-0.05, 0) is 48.7 Å². The van der Waals surface area contributed by atoms with Gasteiger partial charge in [0.1, 0.15) is 0 Å². The zero-order valence-corrected chi connectivity index (χ0v) is 14.4. The van der Waals surface area contributed by atoms with Crippen molar-refractivity contribution in [3.05, 3.63) is 69.7 Å². The number of carbonyl (C=O) groups is 1. The first-order valence-electron chi connectivity index (χ1n) is 7.29. The molecule has 2 aromatic carbocycles. The smallest absolute Gasteiger partial charge is 0.267 e. The van der Waals surface area contributed by atoms with Gasteiger partial charge in [-0.25, -0.2) is 5.43 Å². The third kappa shape index (κ3) is 4.53. The van der Waals surface area contributed by atoms with E-state index < -0.39 is 0 Å². The van der Waals surface area contributed by atoms with Gasteiger partial charge in [-0.1, -0.05) is 53.5 Å². The lowest BCUT2D eigenvalue weighted by Crippen LogP contribution is -2.19. The van der Waals surface area contributed by atoms with E-state index in [2.05, 4.69) is 45.5 Å². The molecule has 2 rings (SSSR count). The molecule has 0 fully saturated rings. The van der Waals surface area contributed by atoms with E-state index in [-0.39, 0.29) is 5.91 Å². The van der Waals surface area contributed by atoms with Crippen molar-refractivity contribution in [2.75, 3.05) is 0 Å². The molecule has 0 atom stereocenters. The second kappa shape index (κ2) is 7.90. The largest absolute Gasteiger partial charge is 0.271 e. The maximum atomic E-state index is 12.0. The molecular weight excluding hydrogens is 340 g/mol. The van der Waals surface area contributed by atoms with Gasteiger partial charge in [0, 0.05) is 10.0 Å². The molecule has 0 unspecified atom stereocenters.